The fraction of sp³-hybridized carbons (Fsp3) is 0.611. The molecule has 2 aliphatic rings. The lowest BCUT2D eigenvalue weighted by atomic mass is 9.97. The number of halogens is 1. The van der Waals surface area contributed by atoms with E-state index in [1.807, 2.05) is 4.90 Å². The van der Waals surface area contributed by atoms with E-state index in [9.17, 15) is 18.0 Å². The first-order valence-electron chi connectivity index (χ1n) is 9.30. The molecule has 2 saturated heterocycles. The molecule has 3 rings (SSSR count). The predicted octanol–water partition coefficient (Wildman–Crippen LogP) is 1.08. The summed E-state index contributed by atoms with van der Waals surface area (Å²) < 4.78 is 23.4. The van der Waals surface area contributed by atoms with Crippen molar-refractivity contribution in [2.24, 2.45) is 5.92 Å². The molecule has 2 N–H and O–H groups in total. The first kappa shape index (κ1) is 21.0. The number of amides is 2. The molecular formula is C18H25ClN4O4S. The molecule has 0 aromatic carbocycles. The third kappa shape index (κ3) is 5.65. The lowest BCUT2D eigenvalue weighted by Gasteiger charge is -2.32. The summed E-state index contributed by atoms with van der Waals surface area (Å²) in [5.74, 6) is -0.0470. The minimum absolute atomic E-state index is 0.0230. The Morgan fingerprint density at radius 3 is 2.82 bits per heavy atom. The smallest absolute Gasteiger partial charge is 0.234 e. The van der Waals surface area contributed by atoms with Crippen molar-refractivity contribution in [3.8, 4) is 0 Å². The highest BCUT2D eigenvalue weighted by Crippen LogP contribution is 2.23. The molecule has 28 heavy (non-hydrogen) atoms. The second-order valence-corrected chi connectivity index (χ2v) is 10.5. The van der Waals surface area contributed by atoms with E-state index in [0.717, 1.165) is 19.4 Å². The minimum Gasteiger partial charge on any atom is -0.349 e. The molecule has 0 bridgehead atoms. The van der Waals surface area contributed by atoms with E-state index in [2.05, 4.69) is 15.6 Å². The fourth-order valence-electron chi connectivity index (χ4n) is 3.78. The molecule has 0 unspecified atom stereocenters. The Balaban J connectivity index is 1.51. The van der Waals surface area contributed by atoms with Gasteiger partial charge in [0.05, 0.1) is 34.5 Å². The van der Waals surface area contributed by atoms with Gasteiger partial charge >= 0.3 is 0 Å². The van der Waals surface area contributed by atoms with Gasteiger partial charge in [0.15, 0.2) is 9.84 Å². The maximum atomic E-state index is 12.5. The summed E-state index contributed by atoms with van der Waals surface area (Å²) in [5, 5.41) is 6.15. The van der Waals surface area contributed by atoms with Crippen molar-refractivity contribution < 1.29 is 18.0 Å². The summed E-state index contributed by atoms with van der Waals surface area (Å²) in [6, 6.07) is 3.30. The first-order chi connectivity index (χ1) is 13.1. The molecule has 0 saturated carbocycles. The van der Waals surface area contributed by atoms with Crippen LogP contribution < -0.4 is 10.6 Å². The van der Waals surface area contributed by atoms with Crippen LogP contribution in [0.15, 0.2) is 18.3 Å². The molecule has 3 heterocycles. The summed E-state index contributed by atoms with van der Waals surface area (Å²) in [5.41, 5.74) is -0.706. The van der Waals surface area contributed by atoms with Crippen molar-refractivity contribution in [3.05, 3.63) is 23.4 Å². The number of rotatable bonds is 5. The van der Waals surface area contributed by atoms with Crippen LogP contribution in [0.1, 0.15) is 26.2 Å². The average Bonchev–Trinajstić information content (AvgIpc) is 2.89. The monoisotopic (exact) mass is 428 g/mol. The normalized spacial score (nSPS) is 27.3. The highest BCUT2D eigenvalue weighted by atomic mass is 35.5. The maximum absolute atomic E-state index is 12.5. The van der Waals surface area contributed by atoms with E-state index in [1.54, 1.807) is 19.1 Å². The van der Waals surface area contributed by atoms with Crippen LogP contribution in [0.3, 0.4) is 0 Å². The molecule has 2 atom stereocenters. The number of aromatic nitrogens is 1. The average molecular weight is 429 g/mol. The zero-order valence-corrected chi connectivity index (χ0v) is 17.4. The summed E-state index contributed by atoms with van der Waals surface area (Å²) in [7, 11) is -3.08. The largest absolute Gasteiger partial charge is 0.349 e. The number of hydrogen-bond acceptors (Lipinski definition) is 6. The van der Waals surface area contributed by atoms with Gasteiger partial charge in [-0.2, -0.15) is 0 Å². The maximum Gasteiger partial charge on any atom is 0.234 e. The van der Waals surface area contributed by atoms with E-state index < -0.39 is 15.4 Å². The summed E-state index contributed by atoms with van der Waals surface area (Å²) in [6.45, 7) is 3.12. The van der Waals surface area contributed by atoms with E-state index >= 15 is 0 Å². The number of anilines is 1. The lowest BCUT2D eigenvalue weighted by Crippen LogP contribution is -2.52. The van der Waals surface area contributed by atoms with Crippen LogP contribution in [0.4, 0.5) is 5.82 Å². The molecule has 2 amide bonds. The summed E-state index contributed by atoms with van der Waals surface area (Å²) >= 11 is 5.80. The Bertz CT molecular complexity index is 846. The Morgan fingerprint density at radius 2 is 2.18 bits per heavy atom. The molecule has 0 aliphatic carbocycles. The van der Waals surface area contributed by atoms with E-state index in [1.165, 1.54) is 6.20 Å². The molecule has 10 heteroatoms. The van der Waals surface area contributed by atoms with Crippen molar-refractivity contribution in [1.29, 1.82) is 0 Å². The van der Waals surface area contributed by atoms with Crippen molar-refractivity contribution in [3.63, 3.8) is 0 Å². The van der Waals surface area contributed by atoms with Gasteiger partial charge in [0.2, 0.25) is 11.8 Å². The summed E-state index contributed by atoms with van der Waals surface area (Å²) in [6.07, 6.45) is 3.46. The second-order valence-electron chi connectivity index (χ2n) is 7.88. The Labute approximate surface area is 169 Å². The predicted molar refractivity (Wildman–Crippen MR) is 107 cm³/mol. The Morgan fingerprint density at radius 1 is 1.39 bits per heavy atom. The zero-order chi connectivity index (χ0) is 20.4. The minimum atomic E-state index is -3.08. The Hall–Kier alpha value is -1.71. The standard InChI is InChI=1S/C18H25ClN4O4S/c1-18(6-8-28(26,27)12-18)22-16(24)11-23-7-2-3-13(10-23)17(25)21-15-5-4-14(19)9-20-15/h4-5,9,13H,2-3,6-8,10-12H2,1H3,(H,22,24)(H,20,21,25)/t13-,18+/m0/s1. The number of nitrogens with one attached hydrogen (secondary N) is 2. The third-order valence-electron chi connectivity index (χ3n) is 5.17. The van der Waals surface area contributed by atoms with Crippen LogP contribution in [0, 0.1) is 5.92 Å². The molecule has 1 aromatic heterocycles. The van der Waals surface area contributed by atoms with E-state index in [0.29, 0.717) is 23.8 Å². The van der Waals surface area contributed by atoms with Gasteiger partial charge in [0.1, 0.15) is 5.82 Å². The number of pyridine rings is 1. The summed E-state index contributed by atoms with van der Waals surface area (Å²) in [4.78, 5) is 30.9. The van der Waals surface area contributed by atoms with Crippen molar-refractivity contribution in [1.82, 2.24) is 15.2 Å². The number of sulfone groups is 1. The second kappa shape index (κ2) is 8.34. The van der Waals surface area contributed by atoms with Crippen LogP contribution in [0.25, 0.3) is 0 Å². The molecule has 0 radical (unpaired) electrons. The van der Waals surface area contributed by atoms with Crippen LogP contribution in [0.2, 0.25) is 5.02 Å². The molecular weight excluding hydrogens is 404 g/mol. The van der Waals surface area contributed by atoms with Crippen molar-refractivity contribution in [2.75, 3.05) is 36.5 Å². The molecule has 1 aromatic rings. The van der Waals surface area contributed by atoms with Gasteiger partial charge in [-0.15, -0.1) is 0 Å². The number of nitrogens with zero attached hydrogens (tertiary/aromatic N) is 2. The number of likely N-dealkylation sites (tertiary alicyclic amines) is 1. The molecule has 0 spiro atoms. The van der Waals surface area contributed by atoms with E-state index in [4.69, 9.17) is 11.6 Å². The number of carbonyl (C=O) groups excluding carboxylic acids is 2. The van der Waals surface area contributed by atoms with Gasteiger partial charge in [-0.1, -0.05) is 11.6 Å². The zero-order valence-electron chi connectivity index (χ0n) is 15.8. The van der Waals surface area contributed by atoms with Crippen LogP contribution in [0.5, 0.6) is 0 Å². The molecule has 8 nitrogen and oxygen atoms in total. The molecule has 2 fully saturated rings. The van der Waals surface area contributed by atoms with Gasteiger partial charge in [0.25, 0.3) is 0 Å². The first-order valence-corrected chi connectivity index (χ1v) is 11.5. The SMILES string of the molecule is C[C@@]1(NC(=O)CN2CCC[C@H](C(=O)Nc3ccc(Cl)cn3)C2)CCS(=O)(=O)C1. The molecule has 154 valence electrons. The van der Waals surface area contributed by atoms with Gasteiger partial charge in [-0.3, -0.25) is 14.5 Å². The van der Waals surface area contributed by atoms with Gasteiger partial charge in [0, 0.05) is 12.7 Å². The van der Waals surface area contributed by atoms with Crippen molar-refractivity contribution >= 4 is 39.1 Å². The number of carbonyl (C=O) groups is 2. The molecule has 2 aliphatic heterocycles. The highest BCUT2D eigenvalue weighted by molar-refractivity contribution is 7.91. The third-order valence-corrected chi connectivity index (χ3v) is 7.29. The topological polar surface area (TPSA) is 108 Å². The van der Waals surface area contributed by atoms with E-state index in [-0.39, 0.29) is 35.8 Å². The quantitative estimate of drug-likeness (QED) is 0.726. The number of hydrogen-bond donors (Lipinski definition) is 2. The van der Waals surface area contributed by atoms with Gasteiger partial charge < -0.3 is 10.6 Å². The van der Waals surface area contributed by atoms with Crippen LogP contribution in [-0.2, 0) is 19.4 Å². The lowest BCUT2D eigenvalue weighted by molar-refractivity contribution is -0.126. The fourth-order valence-corrected chi connectivity index (χ4v) is 5.98. The van der Waals surface area contributed by atoms with Crippen molar-refractivity contribution in [2.45, 2.75) is 31.7 Å². The van der Waals surface area contributed by atoms with Crippen LogP contribution >= 0.6 is 11.6 Å². The van der Waals surface area contributed by atoms with Gasteiger partial charge in [-0.25, -0.2) is 13.4 Å². The van der Waals surface area contributed by atoms with Crippen LogP contribution in [-0.4, -0.2) is 66.8 Å². The Kier molecular flexibility index (Phi) is 6.26. The van der Waals surface area contributed by atoms with Gasteiger partial charge in [-0.05, 0) is 44.9 Å². The number of piperidine rings is 1. The highest BCUT2D eigenvalue weighted by Gasteiger charge is 2.39.